The van der Waals surface area contributed by atoms with Gasteiger partial charge in [-0.25, -0.2) is 18.5 Å². The molecule has 8 heteroatoms. The molecule has 0 aliphatic heterocycles. The van der Waals surface area contributed by atoms with Crippen molar-refractivity contribution in [3.63, 3.8) is 0 Å². The molecule has 2 aromatic rings. The fourth-order valence-corrected chi connectivity index (χ4v) is 2.06. The minimum Gasteiger partial charge on any atom is -0.322 e. The quantitative estimate of drug-likeness (QED) is 0.828. The van der Waals surface area contributed by atoms with Crippen LogP contribution in [-0.4, -0.2) is 19.3 Å². The van der Waals surface area contributed by atoms with Crippen molar-refractivity contribution in [3.8, 4) is 0 Å². The van der Waals surface area contributed by atoms with Crippen molar-refractivity contribution in [2.24, 2.45) is 5.14 Å². The summed E-state index contributed by atoms with van der Waals surface area (Å²) in [6.45, 7) is 0. The van der Waals surface area contributed by atoms with Gasteiger partial charge in [-0.15, -0.1) is 0 Å². The number of benzene rings is 1. The molecule has 6 nitrogen and oxygen atoms in total. The lowest BCUT2D eigenvalue weighted by atomic mass is 10.2. The van der Waals surface area contributed by atoms with Crippen molar-refractivity contribution in [3.05, 3.63) is 54.1 Å². The molecule has 0 fully saturated rings. The molecule has 1 heterocycles. The highest BCUT2D eigenvalue weighted by Gasteiger charge is 2.13. The third-order valence-electron chi connectivity index (χ3n) is 2.42. The minimum absolute atomic E-state index is 0.151. The maximum Gasteiger partial charge on any atom is 0.260 e. The maximum absolute atomic E-state index is 13.3. The van der Waals surface area contributed by atoms with Crippen LogP contribution >= 0.6 is 0 Å². The summed E-state index contributed by atoms with van der Waals surface area (Å²) in [5.74, 6) is -1.64. The molecular weight excluding hydrogens is 285 g/mol. The third-order valence-corrected chi connectivity index (χ3v) is 3.34. The number of pyridine rings is 1. The zero-order chi connectivity index (χ0) is 14.8. The normalized spacial score (nSPS) is 11.1. The summed E-state index contributed by atoms with van der Waals surface area (Å²) in [7, 11) is -3.87. The average molecular weight is 295 g/mol. The van der Waals surface area contributed by atoms with Crippen LogP contribution in [0.5, 0.6) is 0 Å². The first-order chi connectivity index (χ1) is 9.38. The highest BCUT2D eigenvalue weighted by molar-refractivity contribution is 7.89. The van der Waals surface area contributed by atoms with Gasteiger partial charge < -0.3 is 5.32 Å². The van der Waals surface area contributed by atoms with Crippen molar-refractivity contribution in [1.29, 1.82) is 0 Å². The monoisotopic (exact) mass is 295 g/mol. The van der Waals surface area contributed by atoms with E-state index in [4.69, 9.17) is 5.14 Å². The standard InChI is InChI=1S/C12H10FN3O3S/c13-11-10(5-2-6-15-11)12(17)16-8-3-1-4-9(7-8)20(14,18)19/h1-7H,(H,16,17)(H2,14,18,19). The van der Waals surface area contributed by atoms with Gasteiger partial charge >= 0.3 is 0 Å². The van der Waals surface area contributed by atoms with Crippen LogP contribution in [0.2, 0.25) is 0 Å². The zero-order valence-electron chi connectivity index (χ0n) is 10.1. The number of carbonyl (C=O) groups is 1. The Morgan fingerprint density at radius 1 is 1.25 bits per heavy atom. The molecule has 0 saturated carbocycles. The van der Waals surface area contributed by atoms with Gasteiger partial charge in [-0.3, -0.25) is 4.79 Å². The number of sulfonamides is 1. The molecule has 0 aliphatic carbocycles. The van der Waals surface area contributed by atoms with Crippen LogP contribution in [0.4, 0.5) is 10.1 Å². The number of hydrogen-bond acceptors (Lipinski definition) is 4. The van der Waals surface area contributed by atoms with E-state index in [2.05, 4.69) is 10.3 Å². The van der Waals surface area contributed by atoms with Crippen LogP contribution in [0.3, 0.4) is 0 Å². The summed E-state index contributed by atoms with van der Waals surface area (Å²) >= 11 is 0. The van der Waals surface area contributed by atoms with Gasteiger partial charge in [0.05, 0.1) is 10.5 Å². The highest BCUT2D eigenvalue weighted by Crippen LogP contribution is 2.15. The molecule has 0 spiro atoms. The van der Waals surface area contributed by atoms with Crippen molar-refractivity contribution in [2.75, 3.05) is 5.32 Å². The van der Waals surface area contributed by atoms with Crippen molar-refractivity contribution < 1.29 is 17.6 Å². The second-order valence-electron chi connectivity index (χ2n) is 3.87. The number of anilines is 1. The van der Waals surface area contributed by atoms with Gasteiger partial charge in [0.2, 0.25) is 16.0 Å². The number of primary sulfonamides is 1. The van der Waals surface area contributed by atoms with E-state index in [1.165, 1.54) is 42.6 Å². The summed E-state index contributed by atoms with van der Waals surface area (Å²) in [4.78, 5) is 15.0. The molecule has 1 aromatic carbocycles. The summed E-state index contributed by atoms with van der Waals surface area (Å²) in [5, 5.41) is 7.35. The Morgan fingerprint density at radius 2 is 2.00 bits per heavy atom. The summed E-state index contributed by atoms with van der Waals surface area (Å²) in [6.07, 6.45) is 1.22. The molecule has 0 aliphatic rings. The van der Waals surface area contributed by atoms with Gasteiger partial charge in [0.15, 0.2) is 0 Å². The van der Waals surface area contributed by atoms with Crippen LogP contribution in [0, 0.1) is 5.95 Å². The van der Waals surface area contributed by atoms with E-state index >= 15 is 0 Å². The van der Waals surface area contributed by atoms with E-state index in [-0.39, 0.29) is 16.1 Å². The largest absolute Gasteiger partial charge is 0.322 e. The van der Waals surface area contributed by atoms with Crippen LogP contribution < -0.4 is 10.5 Å². The van der Waals surface area contributed by atoms with Gasteiger partial charge in [-0.05, 0) is 30.3 Å². The fourth-order valence-electron chi connectivity index (χ4n) is 1.50. The molecule has 1 aromatic heterocycles. The first-order valence-electron chi connectivity index (χ1n) is 5.42. The topological polar surface area (TPSA) is 102 Å². The molecule has 2 rings (SSSR count). The van der Waals surface area contributed by atoms with Crippen LogP contribution in [0.1, 0.15) is 10.4 Å². The first kappa shape index (κ1) is 14.1. The minimum atomic E-state index is -3.87. The lowest BCUT2D eigenvalue weighted by Gasteiger charge is -2.06. The van der Waals surface area contributed by atoms with Gasteiger partial charge in [0.25, 0.3) is 5.91 Å². The number of carbonyl (C=O) groups excluding carboxylic acids is 1. The molecule has 3 N–H and O–H groups in total. The molecular formula is C12H10FN3O3S. The lowest BCUT2D eigenvalue weighted by molar-refractivity contribution is 0.102. The van der Waals surface area contributed by atoms with Crippen LogP contribution in [0.15, 0.2) is 47.5 Å². The lowest BCUT2D eigenvalue weighted by Crippen LogP contribution is -2.16. The van der Waals surface area contributed by atoms with E-state index in [1.807, 2.05) is 0 Å². The Bertz CT molecular complexity index is 762. The highest BCUT2D eigenvalue weighted by atomic mass is 32.2. The number of hydrogen-bond donors (Lipinski definition) is 2. The Balaban J connectivity index is 2.27. The molecule has 1 amide bonds. The molecule has 0 radical (unpaired) electrons. The first-order valence-corrected chi connectivity index (χ1v) is 6.97. The van der Waals surface area contributed by atoms with Crippen molar-refractivity contribution >= 4 is 21.6 Å². The number of nitrogens with zero attached hydrogens (tertiary/aromatic N) is 1. The molecule has 0 bridgehead atoms. The predicted octanol–water partition coefficient (Wildman–Crippen LogP) is 1.12. The van der Waals surface area contributed by atoms with E-state index < -0.39 is 21.9 Å². The van der Waals surface area contributed by atoms with Gasteiger partial charge in [0.1, 0.15) is 0 Å². The number of nitrogens with one attached hydrogen (secondary N) is 1. The molecule has 0 unspecified atom stereocenters. The van der Waals surface area contributed by atoms with Crippen LogP contribution in [0.25, 0.3) is 0 Å². The second kappa shape index (κ2) is 5.35. The van der Waals surface area contributed by atoms with Gasteiger partial charge in [-0.2, -0.15) is 4.39 Å². The number of amides is 1. The van der Waals surface area contributed by atoms with Crippen molar-refractivity contribution in [1.82, 2.24) is 4.98 Å². The Morgan fingerprint density at radius 3 is 2.65 bits per heavy atom. The SMILES string of the molecule is NS(=O)(=O)c1cccc(NC(=O)c2cccnc2F)c1. The fraction of sp³-hybridized carbons (Fsp3) is 0. The smallest absolute Gasteiger partial charge is 0.260 e. The average Bonchev–Trinajstić information content (AvgIpc) is 2.38. The van der Waals surface area contributed by atoms with E-state index in [1.54, 1.807) is 0 Å². The molecule has 104 valence electrons. The third kappa shape index (κ3) is 3.16. The van der Waals surface area contributed by atoms with E-state index in [9.17, 15) is 17.6 Å². The predicted molar refractivity (Wildman–Crippen MR) is 70.0 cm³/mol. The van der Waals surface area contributed by atoms with E-state index in [0.717, 1.165) is 0 Å². The number of rotatable bonds is 3. The number of halogens is 1. The summed E-state index contributed by atoms with van der Waals surface area (Å²) in [6, 6.07) is 8.02. The van der Waals surface area contributed by atoms with Crippen molar-refractivity contribution in [2.45, 2.75) is 4.90 Å². The second-order valence-corrected chi connectivity index (χ2v) is 5.43. The Labute approximate surface area is 114 Å². The molecule has 0 saturated heterocycles. The molecule has 20 heavy (non-hydrogen) atoms. The number of nitrogens with two attached hydrogens (primary N) is 1. The Kier molecular flexibility index (Phi) is 3.77. The molecule has 0 atom stereocenters. The maximum atomic E-state index is 13.3. The number of aromatic nitrogens is 1. The summed E-state index contributed by atoms with van der Waals surface area (Å²) < 4.78 is 35.7. The van der Waals surface area contributed by atoms with Crippen LogP contribution in [-0.2, 0) is 10.0 Å². The van der Waals surface area contributed by atoms with E-state index in [0.29, 0.717) is 0 Å². The van der Waals surface area contributed by atoms with Gasteiger partial charge in [-0.1, -0.05) is 6.07 Å². The Hall–Kier alpha value is -2.32. The zero-order valence-corrected chi connectivity index (χ0v) is 10.9. The summed E-state index contributed by atoms with van der Waals surface area (Å²) in [5.41, 5.74) is -0.0571. The van der Waals surface area contributed by atoms with Gasteiger partial charge in [0, 0.05) is 11.9 Å².